The third-order valence-electron chi connectivity index (χ3n) is 5.87. The van der Waals surface area contributed by atoms with Crippen molar-refractivity contribution in [1.82, 2.24) is 24.4 Å². The zero-order valence-electron chi connectivity index (χ0n) is 17.3. The zero-order valence-corrected chi connectivity index (χ0v) is 18.0. The molecule has 6 nitrogen and oxygen atoms in total. The van der Waals surface area contributed by atoms with Gasteiger partial charge in [-0.3, -0.25) is 4.90 Å². The Hall–Kier alpha value is -2.15. The Balaban J connectivity index is 1.49. The summed E-state index contributed by atoms with van der Waals surface area (Å²) in [6, 6.07) is 9.91. The number of benzene rings is 1. The minimum absolute atomic E-state index is 0.719. The van der Waals surface area contributed by atoms with E-state index in [0.29, 0.717) is 0 Å². The number of rotatable bonds is 7. The van der Waals surface area contributed by atoms with Gasteiger partial charge in [-0.15, -0.1) is 0 Å². The first-order chi connectivity index (χ1) is 14.2. The molecule has 1 fully saturated rings. The average molecular weight is 413 g/mol. The molecule has 0 atom stereocenters. The zero-order chi connectivity index (χ0) is 20.2. The van der Waals surface area contributed by atoms with E-state index in [-0.39, 0.29) is 0 Å². The predicted molar refractivity (Wildman–Crippen MR) is 120 cm³/mol. The van der Waals surface area contributed by atoms with Crippen molar-refractivity contribution in [2.24, 2.45) is 0 Å². The normalized spacial score (nSPS) is 15.5. The van der Waals surface area contributed by atoms with E-state index in [1.807, 2.05) is 41.2 Å². The van der Waals surface area contributed by atoms with Crippen LogP contribution in [0.5, 0.6) is 0 Å². The summed E-state index contributed by atoms with van der Waals surface area (Å²) in [5.74, 6) is 1.09. The van der Waals surface area contributed by atoms with Crippen molar-refractivity contribution in [2.75, 3.05) is 57.3 Å². The van der Waals surface area contributed by atoms with Crippen LogP contribution in [0.4, 0.5) is 5.82 Å². The molecule has 1 aliphatic rings. The van der Waals surface area contributed by atoms with Gasteiger partial charge in [0.25, 0.3) is 0 Å². The Bertz CT molecular complexity index is 943. The van der Waals surface area contributed by atoms with Crippen molar-refractivity contribution in [1.29, 1.82) is 0 Å². The highest BCUT2D eigenvalue weighted by Gasteiger charge is 2.21. The maximum Gasteiger partial charge on any atom is 0.165 e. The highest BCUT2D eigenvalue weighted by atomic mass is 35.5. The monoisotopic (exact) mass is 412 g/mol. The first-order valence-electron chi connectivity index (χ1n) is 10.5. The molecule has 1 aliphatic heterocycles. The third-order valence-corrected chi connectivity index (χ3v) is 6.20. The molecular formula is C22H29ClN6. The average Bonchev–Trinajstić information content (AvgIpc) is 3.19. The van der Waals surface area contributed by atoms with Crippen molar-refractivity contribution < 1.29 is 0 Å². The lowest BCUT2D eigenvalue weighted by Crippen LogP contribution is -2.49. The van der Waals surface area contributed by atoms with E-state index in [4.69, 9.17) is 11.6 Å². The summed E-state index contributed by atoms with van der Waals surface area (Å²) in [7, 11) is 0. The van der Waals surface area contributed by atoms with Gasteiger partial charge in [-0.1, -0.05) is 43.6 Å². The molecule has 0 aliphatic carbocycles. The molecule has 4 rings (SSSR count). The van der Waals surface area contributed by atoms with Crippen LogP contribution in [0.15, 0.2) is 42.7 Å². The van der Waals surface area contributed by atoms with Gasteiger partial charge in [0.2, 0.25) is 0 Å². The molecule has 7 heteroatoms. The molecule has 154 valence electrons. The van der Waals surface area contributed by atoms with E-state index in [1.165, 1.54) is 0 Å². The molecule has 0 spiro atoms. The van der Waals surface area contributed by atoms with Gasteiger partial charge >= 0.3 is 0 Å². The predicted octanol–water partition coefficient (Wildman–Crippen LogP) is 3.51. The van der Waals surface area contributed by atoms with Crippen LogP contribution in [0, 0.1) is 0 Å². The minimum atomic E-state index is 0.719. The van der Waals surface area contributed by atoms with Crippen molar-refractivity contribution >= 4 is 23.1 Å². The van der Waals surface area contributed by atoms with Crippen LogP contribution in [0.25, 0.3) is 16.8 Å². The summed E-state index contributed by atoms with van der Waals surface area (Å²) >= 11 is 6.41. The second-order valence-electron chi connectivity index (χ2n) is 7.43. The Labute approximate surface area is 177 Å². The van der Waals surface area contributed by atoms with Gasteiger partial charge in [0.05, 0.1) is 6.20 Å². The number of halogens is 1. The standard InChI is InChI=1S/C22H29ClN6/c1-3-26(4-2)11-12-27-13-15-28(16-14-27)21-9-10-24-22-19(17-25-29(21)22)18-7-5-6-8-20(18)23/h5-10,17H,3-4,11-16H2,1-2H3. The molecule has 3 aromatic rings. The van der Waals surface area contributed by atoms with Crippen LogP contribution in [0.1, 0.15) is 13.8 Å². The highest BCUT2D eigenvalue weighted by molar-refractivity contribution is 6.33. The van der Waals surface area contributed by atoms with Crippen LogP contribution < -0.4 is 4.90 Å². The van der Waals surface area contributed by atoms with Gasteiger partial charge < -0.3 is 9.80 Å². The van der Waals surface area contributed by atoms with E-state index in [2.05, 4.69) is 44.7 Å². The number of nitrogens with zero attached hydrogens (tertiary/aromatic N) is 6. The topological polar surface area (TPSA) is 39.9 Å². The van der Waals surface area contributed by atoms with Gasteiger partial charge in [0.1, 0.15) is 5.82 Å². The first kappa shape index (κ1) is 20.1. The molecule has 1 aromatic carbocycles. The van der Waals surface area contributed by atoms with Crippen molar-refractivity contribution in [3.05, 3.63) is 47.7 Å². The molecule has 2 aromatic heterocycles. The van der Waals surface area contributed by atoms with E-state index in [0.717, 1.165) is 80.0 Å². The maximum absolute atomic E-state index is 6.41. The second-order valence-corrected chi connectivity index (χ2v) is 7.84. The third kappa shape index (κ3) is 4.25. The molecule has 0 radical (unpaired) electrons. The smallest absolute Gasteiger partial charge is 0.165 e. The Morgan fingerprint density at radius 1 is 1.00 bits per heavy atom. The number of hydrogen-bond acceptors (Lipinski definition) is 5. The molecule has 0 N–H and O–H groups in total. The summed E-state index contributed by atoms with van der Waals surface area (Å²) in [6.07, 6.45) is 3.74. The number of piperazine rings is 1. The highest BCUT2D eigenvalue weighted by Crippen LogP contribution is 2.31. The number of anilines is 1. The fourth-order valence-electron chi connectivity index (χ4n) is 4.01. The summed E-state index contributed by atoms with van der Waals surface area (Å²) in [5, 5.41) is 5.36. The molecule has 29 heavy (non-hydrogen) atoms. The quantitative estimate of drug-likeness (QED) is 0.593. The molecule has 0 saturated carbocycles. The van der Waals surface area contributed by atoms with Crippen molar-refractivity contribution in [3.63, 3.8) is 0 Å². The molecule has 0 unspecified atom stereocenters. The molecule has 3 heterocycles. The Kier molecular flexibility index (Phi) is 6.33. The van der Waals surface area contributed by atoms with Crippen LogP contribution in [0.3, 0.4) is 0 Å². The van der Waals surface area contributed by atoms with Crippen LogP contribution in [0.2, 0.25) is 5.02 Å². The minimum Gasteiger partial charge on any atom is -0.354 e. The number of hydrogen-bond donors (Lipinski definition) is 0. The SMILES string of the molecule is CCN(CC)CCN1CCN(c2ccnc3c(-c4ccccc4Cl)cnn23)CC1. The summed E-state index contributed by atoms with van der Waals surface area (Å²) in [6.45, 7) is 13.1. The largest absolute Gasteiger partial charge is 0.354 e. The lowest BCUT2D eigenvalue weighted by Gasteiger charge is -2.36. The van der Waals surface area contributed by atoms with Crippen LogP contribution >= 0.6 is 11.6 Å². The fourth-order valence-corrected chi connectivity index (χ4v) is 4.25. The van der Waals surface area contributed by atoms with Crippen molar-refractivity contribution in [3.8, 4) is 11.1 Å². The van der Waals surface area contributed by atoms with E-state index >= 15 is 0 Å². The summed E-state index contributed by atoms with van der Waals surface area (Å²) < 4.78 is 1.95. The molecule has 0 amide bonds. The maximum atomic E-state index is 6.41. The number of fused-ring (bicyclic) bond motifs is 1. The van der Waals surface area contributed by atoms with Gasteiger partial charge in [-0.25, -0.2) is 4.98 Å². The summed E-state index contributed by atoms with van der Waals surface area (Å²) in [5.41, 5.74) is 2.78. The van der Waals surface area contributed by atoms with Crippen molar-refractivity contribution in [2.45, 2.75) is 13.8 Å². The van der Waals surface area contributed by atoms with E-state index < -0.39 is 0 Å². The van der Waals surface area contributed by atoms with Gasteiger partial charge in [-0.2, -0.15) is 9.61 Å². The molecule has 0 bridgehead atoms. The first-order valence-corrected chi connectivity index (χ1v) is 10.9. The fraction of sp³-hybridized carbons (Fsp3) is 0.455. The number of likely N-dealkylation sites (N-methyl/N-ethyl adjacent to an activating group) is 1. The lowest BCUT2D eigenvalue weighted by molar-refractivity contribution is 0.205. The van der Waals surface area contributed by atoms with Crippen LogP contribution in [-0.2, 0) is 0 Å². The lowest BCUT2D eigenvalue weighted by atomic mass is 10.1. The number of aromatic nitrogens is 3. The van der Waals surface area contributed by atoms with E-state index in [9.17, 15) is 0 Å². The van der Waals surface area contributed by atoms with Crippen LogP contribution in [-0.4, -0.2) is 76.8 Å². The Morgan fingerprint density at radius 3 is 2.48 bits per heavy atom. The van der Waals surface area contributed by atoms with E-state index in [1.54, 1.807) is 0 Å². The van der Waals surface area contributed by atoms with Gasteiger partial charge in [0.15, 0.2) is 5.65 Å². The van der Waals surface area contributed by atoms with Gasteiger partial charge in [-0.05, 0) is 25.2 Å². The van der Waals surface area contributed by atoms with Gasteiger partial charge in [0, 0.05) is 61.6 Å². The second kappa shape index (κ2) is 9.11. The molecule has 1 saturated heterocycles. The Morgan fingerprint density at radius 2 is 1.76 bits per heavy atom. The summed E-state index contributed by atoms with van der Waals surface area (Å²) in [4.78, 5) is 12.1. The molecular weight excluding hydrogens is 384 g/mol.